The molecule has 2 N–H and O–H groups in total. The van der Waals surface area contributed by atoms with Gasteiger partial charge >= 0.3 is 11.9 Å². The van der Waals surface area contributed by atoms with Crippen LogP contribution in [0.5, 0.6) is 0 Å². The van der Waals surface area contributed by atoms with E-state index in [0.717, 1.165) is 57.1 Å². The van der Waals surface area contributed by atoms with Gasteiger partial charge in [-0.25, -0.2) is 9.59 Å². The summed E-state index contributed by atoms with van der Waals surface area (Å²) in [5.41, 5.74) is 2.83. The maximum atomic E-state index is 14.4. The van der Waals surface area contributed by atoms with Gasteiger partial charge in [-0.15, -0.1) is 0 Å². The molecule has 0 aliphatic heterocycles. The lowest BCUT2D eigenvalue weighted by molar-refractivity contribution is -0.237. The molecule has 1 aromatic rings. The normalized spacial score (nSPS) is 41.3. The average Bonchev–Trinajstić information content (AvgIpc) is 3.42. The van der Waals surface area contributed by atoms with Crippen molar-refractivity contribution in [3.05, 3.63) is 47.0 Å². The Bertz CT molecular complexity index is 1490. The van der Waals surface area contributed by atoms with Crippen LogP contribution in [-0.4, -0.2) is 53.5 Å². The molecule has 0 saturated heterocycles. The number of carboxylic acid groups (broad SMARTS) is 2. The van der Waals surface area contributed by atoms with Crippen molar-refractivity contribution in [3.63, 3.8) is 0 Å². The lowest BCUT2D eigenvalue weighted by atomic mass is 9.31. The Morgan fingerprint density at radius 2 is 1.51 bits per heavy atom. The third kappa shape index (κ3) is 5.56. The van der Waals surface area contributed by atoms with Gasteiger partial charge in [-0.05, 0) is 173 Å². The number of fused-ring (bicyclic) bond motifs is 7. The maximum absolute atomic E-state index is 14.4. The number of allylic oxidation sites excluding steroid dienone is 1. The molecule has 5 saturated carbocycles. The molecule has 6 heteroatoms. The van der Waals surface area contributed by atoms with Crippen molar-refractivity contribution in [1.82, 2.24) is 4.90 Å². The minimum Gasteiger partial charge on any atom is -0.478 e. The van der Waals surface area contributed by atoms with Crippen molar-refractivity contribution >= 4 is 17.7 Å². The van der Waals surface area contributed by atoms with Gasteiger partial charge in [0.2, 0.25) is 0 Å². The van der Waals surface area contributed by atoms with Gasteiger partial charge in [0.05, 0.1) is 5.56 Å². The number of rotatable bonds is 9. The molecule has 5 aliphatic carbocycles. The second kappa shape index (κ2) is 12.6. The van der Waals surface area contributed by atoms with E-state index in [-0.39, 0.29) is 38.9 Å². The van der Waals surface area contributed by atoms with E-state index in [4.69, 9.17) is 0 Å². The zero-order valence-electron chi connectivity index (χ0n) is 31.6. The molecule has 0 spiro atoms. The van der Waals surface area contributed by atoms with Crippen LogP contribution in [0.4, 0.5) is 0 Å². The summed E-state index contributed by atoms with van der Waals surface area (Å²) in [6, 6.07) is 7.68. The Kier molecular flexibility index (Phi) is 9.37. The van der Waals surface area contributed by atoms with Crippen LogP contribution in [0.25, 0.3) is 0 Å². The summed E-state index contributed by atoms with van der Waals surface area (Å²) < 4.78 is 0. The van der Waals surface area contributed by atoms with Gasteiger partial charge in [-0.3, -0.25) is 4.79 Å². The molecule has 49 heavy (non-hydrogen) atoms. The number of Topliss-reactive ketones (excluding diaryl/α,β-unsaturated/α-hetero) is 1. The molecule has 6 nitrogen and oxygen atoms in total. The number of carbonyl (C=O) groups is 3. The number of benzene rings is 1. The number of ketones is 1. The fourth-order valence-corrected chi connectivity index (χ4v) is 14.1. The van der Waals surface area contributed by atoms with Gasteiger partial charge in [0.25, 0.3) is 0 Å². The fraction of sp³-hybridized carbons (Fsp3) is 0.744. The van der Waals surface area contributed by atoms with Crippen LogP contribution in [-0.2, 0) is 9.59 Å². The molecule has 0 heterocycles. The highest BCUT2D eigenvalue weighted by atomic mass is 16.4. The van der Waals surface area contributed by atoms with E-state index in [0.29, 0.717) is 41.4 Å². The molecule has 0 aromatic heterocycles. The summed E-state index contributed by atoms with van der Waals surface area (Å²) in [6.45, 7) is 15.8. The Balaban J connectivity index is 1.32. The number of aliphatic carboxylic acids is 1. The average molecular weight is 674 g/mol. The van der Waals surface area contributed by atoms with Crippen molar-refractivity contribution in [3.8, 4) is 0 Å². The molecule has 0 radical (unpaired) electrons. The van der Waals surface area contributed by atoms with Crippen molar-refractivity contribution in [2.75, 3.05) is 20.6 Å². The molecule has 0 amide bonds. The molecule has 0 unspecified atom stereocenters. The van der Waals surface area contributed by atoms with E-state index in [1.807, 2.05) is 6.92 Å². The fourth-order valence-electron chi connectivity index (χ4n) is 14.1. The summed E-state index contributed by atoms with van der Waals surface area (Å²) in [5, 5.41) is 19.3. The molecule has 0 bridgehead atoms. The predicted octanol–water partition coefficient (Wildman–Crippen LogP) is 9.49. The van der Waals surface area contributed by atoms with Crippen LogP contribution in [0.2, 0.25) is 0 Å². The summed E-state index contributed by atoms with van der Waals surface area (Å²) in [5.74, 6) is 1.10. The lowest BCUT2D eigenvalue weighted by Crippen LogP contribution is -2.66. The van der Waals surface area contributed by atoms with Crippen LogP contribution in [0.1, 0.15) is 140 Å². The van der Waals surface area contributed by atoms with Crippen molar-refractivity contribution in [2.45, 2.75) is 125 Å². The first-order valence-electron chi connectivity index (χ1n) is 19.3. The molecule has 5 fully saturated rings. The molecule has 10 atom stereocenters. The second-order valence-electron chi connectivity index (χ2n) is 18.9. The molecule has 270 valence electrons. The van der Waals surface area contributed by atoms with E-state index in [1.165, 1.54) is 37.3 Å². The number of hydrogen-bond donors (Lipinski definition) is 2. The van der Waals surface area contributed by atoms with Gasteiger partial charge in [0.1, 0.15) is 5.78 Å². The second-order valence-corrected chi connectivity index (χ2v) is 18.9. The van der Waals surface area contributed by atoms with E-state index < -0.39 is 11.9 Å². The number of carbonyl (C=O) groups excluding carboxylic acids is 1. The Labute approximate surface area is 295 Å². The van der Waals surface area contributed by atoms with Gasteiger partial charge in [-0.1, -0.05) is 52.3 Å². The first-order chi connectivity index (χ1) is 22.9. The van der Waals surface area contributed by atoms with Crippen molar-refractivity contribution in [2.24, 2.45) is 56.7 Å². The van der Waals surface area contributed by atoms with Crippen LogP contribution in [0, 0.1) is 56.7 Å². The highest BCUT2D eigenvalue weighted by Crippen LogP contribution is 2.78. The van der Waals surface area contributed by atoms with Gasteiger partial charge in [0, 0.05) is 17.9 Å². The van der Waals surface area contributed by atoms with E-state index >= 15 is 0 Å². The first-order valence-corrected chi connectivity index (χ1v) is 19.3. The van der Waals surface area contributed by atoms with Crippen LogP contribution >= 0.6 is 0 Å². The van der Waals surface area contributed by atoms with Crippen LogP contribution < -0.4 is 0 Å². The number of carboxylic acids is 2. The van der Waals surface area contributed by atoms with E-state index in [9.17, 15) is 24.6 Å². The summed E-state index contributed by atoms with van der Waals surface area (Å²) in [6.07, 6.45) is 13.9. The predicted molar refractivity (Wildman–Crippen MR) is 194 cm³/mol. The number of nitrogens with zero attached hydrogens (tertiary/aromatic N) is 1. The third-order valence-corrected chi connectivity index (χ3v) is 16.5. The molecule has 5 aliphatic rings. The van der Waals surface area contributed by atoms with Gasteiger partial charge < -0.3 is 15.1 Å². The zero-order chi connectivity index (χ0) is 35.7. The summed E-state index contributed by atoms with van der Waals surface area (Å²) in [4.78, 5) is 40.1. The highest BCUT2D eigenvalue weighted by Gasteiger charge is 2.71. The third-order valence-electron chi connectivity index (χ3n) is 16.5. The van der Waals surface area contributed by atoms with Gasteiger partial charge in [-0.2, -0.15) is 0 Å². The Hall–Kier alpha value is -2.47. The minimum atomic E-state index is -0.872. The topological polar surface area (TPSA) is 94.9 Å². The highest BCUT2D eigenvalue weighted by molar-refractivity contribution is 5.87. The SMILES string of the molecule is CC(=CC(=O)O)[C@@H]1CC[C@]2(C(=O)CCCN(C)C)CC[C@]3(C)[C@H](CC[C@@H]4[C@@]5(C)CC[C@H](c6ccc(C(=O)O)cc6)C(C)(C)[C@@H]5CC[C@]43C)[C@@H]12. The molecule has 1 aromatic carbocycles. The minimum absolute atomic E-state index is 0.0901. The molecular formula is C43H63NO5. The Morgan fingerprint density at radius 3 is 2.14 bits per heavy atom. The largest absolute Gasteiger partial charge is 0.478 e. The van der Waals surface area contributed by atoms with Crippen molar-refractivity contribution in [1.29, 1.82) is 0 Å². The van der Waals surface area contributed by atoms with Crippen molar-refractivity contribution < 1.29 is 24.6 Å². The van der Waals surface area contributed by atoms with Gasteiger partial charge in [0.15, 0.2) is 0 Å². The Morgan fingerprint density at radius 1 is 0.816 bits per heavy atom. The van der Waals surface area contributed by atoms with E-state index in [1.54, 1.807) is 12.1 Å². The smallest absolute Gasteiger partial charge is 0.335 e. The standard InChI is InChI=1S/C43H63NO5/c1-27(26-36(46)47)30-17-22-43(35(45)10-9-25-44(7)8)24-23-41(5)32(37(30)43)15-16-34-40(4)20-18-31(28-11-13-29(14-12-28)38(48)49)39(2,3)33(40)19-21-42(34,41)6/h11-14,26,30-34,37H,9-10,15-25H2,1-8H3,(H,46,47)(H,48,49)/t30-,31+,32+,33-,34+,37+,40-,41+,42+,43+/m0/s1. The zero-order valence-corrected chi connectivity index (χ0v) is 31.6. The monoisotopic (exact) mass is 673 g/mol. The molecular weight excluding hydrogens is 610 g/mol. The number of aromatic carboxylic acids is 1. The quantitative estimate of drug-likeness (QED) is 0.254. The maximum Gasteiger partial charge on any atom is 0.335 e. The van der Waals surface area contributed by atoms with Crippen LogP contribution in [0.3, 0.4) is 0 Å². The van der Waals surface area contributed by atoms with Crippen LogP contribution in [0.15, 0.2) is 35.9 Å². The first kappa shape index (κ1) is 36.3. The number of hydrogen-bond acceptors (Lipinski definition) is 4. The van der Waals surface area contributed by atoms with E-state index in [2.05, 4.69) is 65.7 Å². The summed E-state index contributed by atoms with van der Waals surface area (Å²) >= 11 is 0. The summed E-state index contributed by atoms with van der Waals surface area (Å²) in [7, 11) is 4.15. The lowest BCUT2D eigenvalue weighted by Gasteiger charge is -2.73. The molecule has 6 rings (SSSR count).